The Bertz CT molecular complexity index is 1050. The molecule has 2 N–H and O–H groups in total. The van der Waals surface area contributed by atoms with Gasteiger partial charge in [0.15, 0.2) is 5.16 Å². The van der Waals surface area contributed by atoms with Gasteiger partial charge in [-0.25, -0.2) is 4.98 Å². The average Bonchev–Trinajstić information content (AvgIpc) is 3.15. The normalized spacial score (nSPS) is 12.8. The summed E-state index contributed by atoms with van der Waals surface area (Å²) in [5.74, 6) is -0.452. The van der Waals surface area contributed by atoms with E-state index in [1.165, 1.54) is 17.5 Å². The molecule has 1 aliphatic rings. The summed E-state index contributed by atoms with van der Waals surface area (Å²) >= 11 is 1.38. The van der Waals surface area contributed by atoms with Crippen LogP contribution in [0.15, 0.2) is 59.8 Å². The van der Waals surface area contributed by atoms with Crippen molar-refractivity contribution in [3.63, 3.8) is 0 Å². The number of imidazole rings is 1. The maximum atomic E-state index is 12.3. The Morgan fingerprint density at radius 3 is 2.50 bits per heavy atom. The van der Waals surface area contributed by atoms with Crippen LogP contribution in [0.1, 0.15) is 40.2 Å². The van der Waals surface area contributed by atoms with Crippen molar-refractivity contribution in [1.82, 2.24) is 20.4 Å². The number of benzene rings is 2. The number of aromatic nitrogens is 2. The number of thioether (sulfide) groups is 1. The molecule has 0 bridgehead atoms. The van der Waals surface area contributed by atoms with Gasteiger partial charge in [-0.3, -0.25) is 25.0 Å². The summed E-state index contributed by atoms with van der Waals surface area (Å²) in [4.78, 5) is 29.3. The zero-order chi connectivity index (χ0) is 20.9. The first kappa shape index (κ1) is 20.2. The van der Waals surface area contributed by atoms with Crippen LogP contribution in [0.4, 0.5) is 0 Å². The Labute approximate surface area is 180 Å². The largest absolute Gasteiger partial charge is 0.292 e. The van der Waals surface area contributed by atoms with Crippen LogP contribution in [-0.4, -0.2) is 27.1 Å². The third kappa shape index (κ3) is 4.57. The highest BCUT2D eigenvalue weighted by Crippen LogP contribution is 2.30. The van der Waals surface area contributed by atoms with Crippen LogP contribution in [0.5, 0.6) is 0 Å². The Balaban J connectivity index is 1.41. The van der Waals surface area contributed by atoms with Crippen LogP contribution in [0.2, 0.25) is 0 Å². The number of hydrogen-bond donors (Lipinski definition) is 2. The lowest BCUT2D eigenvalue weighted by atomic mass is 10.0. The fourth-order valence-corrected chi connectivity index (χ4v) is 4.38. The fourth-order valence-electron chi connectivity index (χ4n) is 3.53. The number of amides is 2. The van der Waals surface area contributed by atoms with Crippen molar-refractivity contribution in [2.24, 2.45) is 0 Å². The SMILES string of the molecule is Cc1ccc(C(=O)NNC(=O)CSc2nc3c(n2-c2ccccc2)CCCC3)cc1. The van der Waals surface area contributed by atoms with Crippen LogP contribution in [-0.2, 0) is 17.6 Å². The molecule has 0 fully saturated rings. The third-order valence-electron chi connectivity index (χ3n) is 5.08. The van der Waals surface area contributed by atoms with Crippen molar-refractivity contribution in [1.29, 1.82) is 0 Å². The van der Waals surface area contributed by atoms with Gasteiger partial charge in [-0.1, -0.05) is 47.7 Å². The van der Waals surface area contributed by atoms with E-state index < -0.39 is 0 Å². The summed E-state index contributed by atoms with van der Waals surface area (Å²) in [5.41, 5.74) is 9.96. The first-order valence-corrected chi connectivity index (χ1v) is 11.0. The van der Waals surface area contributed by atoms with Crippen LogP contribution in [0.25, 0.3) is 5.69 Å². The molecule has 0 spiro atoms. The van der Waals surface area contributed by atoms with Crippen LogP contribution in [0, 0.1) is 6.92 Å². The topological polar surface area (TPSA) is 76.0 Å². The number of fused-ring (bicyclic) bond motifs is 1. The number of para-hydroxylation sites is 1. The Hall–Kier alpha value is -3.06. The van der Waals surface area contributed by atoms with Gasteiger partial charge in [0, 0.05) is 16.9 Å². The lowest BCUT2D eigenvalue weighted by Gasteiger charge is -2.15. The number of rotatable bonds is 5. The molecule has 0 unspecified atom stereocenters. The van der Waals surface area contributed by atoms with E-state index in [0.29, 0.717) is 5.56 Å². The van der Waals surface area contributed by atoms with Gasteiger partial charge in [0.25, 0.3) is 5.91 Å². The van der Waals surface area contributed by atoms with Gasteiger partial charge in [-0.05, 0) is 56.9 Å². The maximum absolute atomic E-state index is 12.3. The number of nitrogens with one attached hydrogen (secondary N) is 2. The van der Waals surface area contributed by atoms with E-state index in [2.05, 4.69) is 27.6 Å². The molecule has 30 heavy (non-hydrogen) atoms. The summed E-state index contributed by atoms with van der Waals surface area (Å²) < 4.78 is 2.16. The quantitative estimate of drug-likeness (QED) is 0.488. The van der Waals surface area contributed by atoms with E-state index in [-0.39, 0.29) is 17.6 Å². The Morgan fingerprint density at radius 1 is 1.00 bits per heavy atom. The number of hydrogen-bond acceptors (Lipinski definition) is 4. The summed E-state index contributed by atoms with van der Waals surface area (Å²) in [5, 5.41) is 0.813. The molecule has 3 aromatic rings. The minimum absolute atomic E-state index is 0.164. The second-order valence-electron chi connectivity index (χ2n) is 7.32. The lowest BCUT2D eigenvalue weighted by molar-refractivity contribution is -0.119. The summed E-state index contributed by atoms with van der Waals surface area (Å²) in [6, 6.07) is 17.3. The van der Waals surface area contributed by atoms with Crippen molar-refractivity contribution in [3.05, 3.63) is 77.1 Å². The summed E-state index contributed by atoms with van der Waals surface area (Å²) in [6.07, 6.45) is 4.27. The second-order valence-corrected chi connectivity index (χ2v) is 8.27. The third-order valence-corrected chi connectivity index (χ3v) is 6.02. The molecule has 6 nitrogen and oxygen atoms in total. The summed E-state index contributed by atoms with van der Waals surface area (Å²) in [7, 11) is 0. The molecular formula is C23H24N4O2S. The van der Waals surface area contributed by atoms with E-state index in [0.717, 1.165) is 47.8 Å². The highest BCUT2D eigenvalue weighted by atomic mass is 32.2. The van der Waals surface area contributed by atoms with E-state index in [1.54, 1.807) is 12.1 Å². The van der Waals surface area contributed by atoms with Crippen molar-refractivity contribution >= 4 is 23.6 Å². The predicted molar refractivity (Wildman–Crippen MR) is 118 cm³/mol. The van der Waals surface area contributed by atoms with Gasteiger partial charge in [-0.15, -0.1) is 0 Å². The maximum Gasteiger partial charge on any atom is 0.269 e. The molecule has 1 aromatic heterocycles. The number of carbonyl (C=O) groups excluding carboxylic acids is 2. The predicted octanol–water partition coefficient (Wildman–Crippen LogP) is 3.61. The number of nitrogens with zero attached hydrogens (tertiary/aromatic N) is 2. The van der Waals surface area contributed by atoms with Crippen molar-refractivity contribution in [2.75, 3.05) is 5.75 Å². The Kier molecular flexibility index (Phi) is 6.18. The first-order valence-electron chi connectivity index (χ1n) is 10.1. The monoisotopic (exact) mass is 420 g/mol. The molecule has 154 valence electrons. The zero-order valence-electron chi connectivity index (χ0n) is 16.9. The van der Waals surface area contributed by atoms with Crippen LogP contribution < -0.4 is 10.9 Å². The fraction of sp³-hybridized carbons (Fsp3) is 0.261. The van der Waals surface area contributed by atoms with Gasteiger partial charge in [0.1, 0.15) is 0 Å². The number of aryl methyl sites for hydroxylation is 2. The lowest BCUT2D eigenvalue weighted by Crippen LogP contribution is -2.42. The zero-order valence-corrected chi connectivity index (χ0v) is 17.7. The van der Waals surface area contributed by atoms with Gasteiger partial charge >= 0.3 is 0 Å². The van der Waals surface area contributed by atoms with Gasteiger partial charge in [0.05, 0.1) is 11.4 Å². The minimum Gasteiger partial charge on any atom is -0.292 e. The van der Waals surface area contributed by atoms with E-state index in [1.807, 2.05) is 37.3 Å². The molecule has 1 heterocycles. The van der Waals surface area contributed by atoms with E-state index in [9.17, 15) is 9.59 Å². The standard InChI is InChI=1S/C23H24N4O2S/c1-16-11-13-17(14-12-16)22(29)26-25-21(28)15-30-23-24-19-9-5-6-10-20(19)27(23)18-7-3-2-4-8-18/h2-4,7-8,11-14H,5-6,9-10,15H2,1H3,(H,25,28)(H,26,29). The molecule has 0 saturated heterocycles. The summed E-state index contributed by atoms with van der Waals surface area (Å²) in [6.45, 7) is 1.96. The molecule has 0 radical (unpaired) electrons. The van der Waals surface area contributed by atoms with Crippen molar-refractivity contribution in [2.45, 2.75) is 37.8 Å². The van der Waals surface area contributed by atoms with Gasteiger partial charge in [0.2, 0.25) is 5.91 Å². The van der Waals surface area contributed by atoms with E-state index >= 15 is 0 Å². The van der Waals surface area contributed by atoms with Crippen molar-refractivity contribution in [3.8, 4) is 5.69 Å². The van der Waals surface area contributed by atoms with Crippen molar-refractivity contribution < 1.29 is 9.59 Å². The molecule has 7 heteroatoms. The number of carbonyl (C=O) groups is 2. The minimum atomic E-state index is -0.338. The average molecular weight is 421 g/mol. The van der Waals surface area contributed by atoms with Gasteiger partial charge in [-0.2, -0.15) is 0 Å². The smallest absolute Gasteiger partial charge is 0.269 e. The number of hydrazine groups is 1. The molecule has 4 rings (SSSR count). The molecular weight excluding hydrogens is 396 g/mol. The van der Waals surface area contributed by atoms with E-state index in [4.69, 9.17) is 4.98 Å². The van der Waals surface area contributed by atoms with Crippen LogP contribution >= 0.6 is 11.8 Å². The molecule has 0 aliphatic heterocycles. The first-order chi connectivity index (χ1) is 14.6. The highest BCUT2D eigenvalue weighted by Gasteiger charge is 2.22. The van der Waals surface area contributed by atoms with Gasteiger partial charge < -0.3 is 0 Å². The van der Waals surface area contributed by atoms with Crippen LogP contribution in [0.3, 0.4) is 0 Å². The molecule has 1 aliphatic carbocycles. The molecule has 2 aromatic carbocycles. The molecule has 0 saturated carbocycles. The molecule has 0 atom stereocenters. The second kappa shape index (κ2) is 9.17. The Morgan fingerprint density at radius 2 is 1.73 bits per heavy atom. The molecule has 2 amide bonds. The highest BCUT2D eigenvalue weighted by molar-refractivity contribution is 7.99.